The fraction of sp³-hybridized carbons (Fsp3) is 0.500. The molecular weight excluding hydrogens is 273 g/mol. The minimum Gasteiger partial charge on any atom is -0.365 e. The van der Waals surface area contributed by atoms with E-state index >= 15 is 0 Å². The smallest absolute Gasteiger partial charge is 0.365 e. The van der Waals surface area contributed by atoms with Crippen molar-refractivity contribution in [3.8, 4) is 0 Å². The van der Waals surface area contributed by atoms with Gasteiger partial charge >= 0.3 is 6.18 Å². The van der Waals surface area contributed by atoms with E-state index in [1.54, 1.807) is 0 Å². The number of hydrogen-bond acceptors (Lipinski definition) is 4. The number of carbonyl (C=O) groups is 1. The van der Waals surface area contributed by atoms with Crippen LogP contribution in [0.5, 0.6) is 0 Å². The molecule has 1 saturated heterocycles. The molecule has 8 heteroatoms. The van der Waals surface area contributed by atoms with Gasteiger partial charge in [-0.1, -0.05) is 0 Å². The molecule has 5 nitrogen and oxygen atoms in total. The fourth-order valence-corrected chi connectivity index (χ4v) is 2.12. The lowest BCUT2D eigenvalue weighted by atomic mass is 10.0. The zero-order chi connectivity index (χ0) is 15.0. The van der Waals surface area contributed by atoms with Gasteiger partial charge in [-0.15, -0.1) is 0 Å². The van der Waals surface area contributed by atoms with E-state index in [0.29, 0.717) is 13.0 Å². The SMILES string of the molecule is CC1(Nc2nc(C(F)(F)F)ccc2C(N)=O)CCNC1. The van der Waals surface area contributed by atoms with Crippen molar-refractivity contribution < 1.29 is 18.0 Å². The van der Waals surface area contributed by atoms with Crippen molar-refractivity contribution in [1.82, 2.24) is 10.3 Å². The molecule has 0 spiro atoms. The molecule has 20 heavy (non-hydrogen) atoms. The summed E-state index contributed by atoms with van der Waals surface area (Å²) in [6.07, 6.45) is -3.86. The first-order valence-corrected chi connectivity index (χ1v) is 6.08. The average Bonchev–Trinajstić information content (AvgIpc) is 2.74. The molecule has 1 fully saturated rings. The number of pyridine rings is 1. The Kier molecular flexibility index (Phi) is 3.59. The van der Waals surface area contributed by atoms with Crippen LogP contribution >= 0.6 is 0 Å². The van der Waals surface area contributed by atoms with Gasteiger partial charge in [0.25, 0.3) is 5.91 Å². The van der Waals surface area contributed by atoms with E-state index in [1.165, 1.54) is 0 Å². The second-order valence-electron chi connectivity index (χ2n) is 5.07. The van der Waals surface area contributed by atoms with E-state index in [2.05, 4.69) is 15.6 Å². The van der Waals surface area contributed by atoms with E-state index in [4.69, 9.17) is 5.73 Å². The molecule has 1 unspecified atom stereocenters. The summed E-state index contributed by atoms with van der Waals surface area (Å²) in [4.78, 5) is 14.8. The van der Waals surface area contributed by atoms with Gasteiger partial charge in [-0.2, -0.15) is 13.2 Å². The molecule has 1 aliphatic heterocycles. The number of rotatable bonds is 3. The second-order valence-corrected chi connectivity index (χ2v) is 5.07. The molecule has 4 N–H and O–H groups in total. The quantitative estimate of drug-likeness (QED) is 0.784. The fourth-order valence-electron chi connectivity index (χ4n) is 2.12. The number of anilines is 1. The molecular formula is C12H15F3N4O. The number of amides is 1. The number of nitrogens with one attached hydrogen (secondary N) is 2. The standard InChI is InChI=1S/C12H15F3N4O/c1-11(4-5-17-6-11)19-10-7(9(16)20)2-3-8(18-10)12(13,14)15/h2-3,17H,4-6H2,1H3,(H2,16,20)(H,18,19). The van der Waals surface area contributed by atoms with Gasteiger partial charge in [-0.3, -0.25) is 4.79 Å². The van der Waals surface area contributed by atoms with Crippen LogP contribution in [0.2, 0.25) is 0 Å². The van der Waals surface area contributed by atoms with Gasteiger partial charge in [0.1, 0.15) is 11.5 Å². The molecule has 1 aromatic rings. The van der Waals surface area contributed by atoms with Crippen molar-refractivity contribution in [3.63, 3.8) is 0 Å². The van der Waals surface area contributed by atoms with Gasteiger partial charge in [-0.05, 0) is 32.0 Å². The summed E-state index contributed by atoms with van der Waals surface area (Å²) >= 11 is 0. The van der Waals surface area contributed by atoms with E-state index in [-0.39, 0.29) is 11.4 Å². The lowest BCUT2D eigenvalue weighted by molar-refractivity contribution is -0.141. The van der Waals surface area contributed by atoms with Gasteiger partial charge in [0.2, 0.25) is 0 Å². The van der Waals surface area contributed by atoms with Crippen LogP contribution in [0.3, 0.4) is 0 Å². The first-order valence-electron chi connectivity index (χ1n) is 6.08. The molecule has 0 aromatic carbocycles. The highest BCUT2D eigenvalue weighted by molar-refractivity contribution is 5.97. The number of primary amides is 1. The predicted molar refractivity (Wildman–Crippen MR) is 67.3 cm³/mol. The maximum absolute atomic E-state index is 12.7. The summed E-state index contributed by atoms with van der Waals surface area (Å²) in [6, 6.07) is 1.80. The van der Waals surface area contributed by atoms with Crippen LogP contribution in [0.15, 0.2) is 12.1 Å². The van der Waals surface area contributed by atoms with Crippen molar-refractivity contribution in [2.75, 3.05) is 18.4 Å². The number of nitrogens with zero attached hydrogens (tertiary/aromatic N) is 1. The topological polar surface area (TPSA) is 80.0 Å². The monoisotopic (exact) mass is 288 g/mol. The largest absolute Gasteiger partial charge is 0.433 e. The second kappa shape index (κ2) is 4.93. The Hall–Kier alpha value is -1.83. The number of aromatic nitrogens is 1. The summed E-state index contributed by atoms with van der Waals surface area (Å²) < 4.78 is 38.1. The molecule has 1 aromatic heterocycles. The summed E-state index contributed by atoms with van der Waals surface area (Å²) in [7, 11) is 0. The number of hydrogen-bond donors (Lipinski definition) is 3. The van der Waals surface area contributed by atoms with Crippen LogP contribution in [0.25, 0.3) is 0 Å². The van der Waals surface area contributed by atoms with E-state index in [0.717, 1.165) is 18.7 Å². The normalized spacial score (nSPS) is 22.8. The molecule has 0 bridgehead atoms. The highest BCUT2D eigenvalue weighted by atomic mass is 19.4. The number of carbonyl (C=O) groups excluding carboxylic acids is 1. The van der Waals surface area contributed by atoms with Crippen molar-refractivity contribution in [1.29, 1.82) is 0 Å². The average molecular weight is 288 g/mol. The first kappa shape index (κ1) is 14.6. The number of nitrogens with two attached hydrogens (primary N) is 1. The highest BCUT2D eigenvalue weighted by Gasteiger charge is 2.35. The molecule has 110 valence electrons. The molecule has 2 rings (SSSR count). The summed E-state index contributed by atoms with van der Waals surface area (Å²) in [5, 5.41) is 6.00. The minimum absolute atomic E-state index is 0.0499. The van der Waals surface area contributed by atoms with Crippen LogP contribution < -0.4 is 16.4 Å². The first-order chi connectivity index (χ1) is 9.21. The lowest BCUT2D eigenvalue weighted by Crippen LogP contribution is -2.38. The minimum atomic E-state index is -4.57. The Bertz CT molecular complexity index is 524. The third kappa shape index (κ3) is 3.01. The van der Waals surface area contributed by atoms with Crippen LogP contribution in [0.4, 0.5) is 19.0 Å². The maximum atomic E-state index is 12.7. The van der Waals surface area contributed by atoms with Gasteiger partial charge in [0, 0.05) is 12.1 Å². The zero-order valence-electron chi connectivity index (χ0n) is 10.8. The van der Waals surface area contributed by atoms with Gasteiger partial charge < -0.3 is 16.4 Å². The highest BCUT2D eigenvalue weighted by Crippen LogP contribution is 2.30. The van der Waals surface area contributed by atoms with Gasteiger partial charge in [-0.25, -0.2) is 4.98 Å². The summed E-state index contributed by atoms with van der Waals surface area (Å²) in [5.74, 6) is -0.943. The molecule has 0 radical (unpaired) electrons. The van der Waals surface area contributed by atoms with Gasteiger partial charge in [0.05, 0.1) is 5.56 Å². The molecule has 0 saturated carbocycles. The van der Waals surface area contributed by atoms with Crippen LogP contribution in [-0.4, -0.2) is 29.5 Å². The molecule has 1 aliphatic rings. The predicted octanol–water partition coefficient (Wildman–Crippen LogP) is 1.36. The third-order valence-electron chi connectivity index (χ3n) is 3.24. The number of halogens is 3. The Morgan fingerprint density at radius 2 is 2.20 bits per heavy atom. The van der Waals surface area contributed by atoms with Crippen molar-refractivity contribution in [2.24, 2.45) is 5.73 Å². The Labute approximate surface area is 113 Å². The van der Waals surface area contributed by atoms with E-state index in [1.807, 2.05) is 6.92 Å². The molecule has 2 heterocycles. The van der Waals surface area contributed by atoms with Crippen LogP contribution in [-0.2, 0) is 6.18 Å². The summed E-state index contributed by atoms with van der Waals surface area (Å²) in [5.41, 5.74) is 3.61. The number of alkyl halides is 3. The van der Waals surface area contributed by atoms with Crippen molar-refractivity contribution >= 4 is 11.7 Å². The van der Waals surface area contributed by atoms with Crippen molar-refractivity contribution in [3.05, 3.63) is 23.4 Å². The van der Waals surface area contributed by atoms with Crippen molar-refractivity contribution in [2.45, 2.75) is 25.1 Å². The van der Waals surface area contributed by atoms with E-state index < -0.39 is 23.3 Å². The Morgan fingerprint density at radius 1 is 1.50 bits per heavy atom. The Balaban J connectivity index is 2.39. The molecule has 1 amide bonds. The molecule has 0 aliphatic carbocycles. The zero-order valence-corrected chi connectivity index (χ0v) is 10.8. The lowest BCUT2D eigenvalue weighted by Gasteiger charge is -2.26. The van der Waals surface area contributed by atoms with Crippen LogP contribution in [0.1, 0.15) is 29.4 Å². The van der Waals surface area contributed by atoms with Crippen LogP contribution in [0, 0.1) is 0 Å². The Morgan fingerprint density at radius 3 is 2.70 bits per heavy atom. The van der Waals surface area contributed by atoms with E-state index in [9.17, 15) is 18.0 Å². The van der Waals surface area contributed by atoms with Gasteiger partial charge in [0.15, 0.2) is 0 Å². The summed E-state index contributed by atoms with van der Waals surface area (Å²) in [6.45, 7) is 3.16. The maximum Gasteiger partial charge on any atom is 0.433 e. The third-order valence-corrected chi connectivity index (χ3v) is 3.24. The molecule has 1 atom stereocenters.